The van der Waals surface area contributed by atoms with Crippen LogP contribution in [0.25, 0.3) is 0 Å². The van der Waals surface area contributed by atoms with Gasteiger partial charge >= 0.3 is 11.9 Å². The normalized spacial score (nSPS) is 18.3. The number of aliphatic carboxylic acids is 2. The van der Waals surface area contributed by atoms with E-state index in [-0.39, 0.29) is 0 Å². The first-order valence-electron chi connectivity index (χ1n) is 9.24. The molecular weight excluding hydrogens is 423 g/mol. The number of aliphatic hydroxyl groups excluding tert-OH is 2. The molecule has 2 rings (SSSR count). The second kappa shape index (κ2) is 12.3. The van der Waals surface area contributed by atoms with E-state index in [2.05, 4.69) is 30.1 Å². The maximum absolute atomic E-state index is 9.77. The van der Waals surface area contributed by atoms with Gasteiger partial charge in [-0.15, -0.1) is 0 Å². The van der Waals surface area contributed by atoms with Gasteiger partial charge in [-0.05, 0) is 30.5 Å². The summed E-state index contributed by atoms with van der Waals surface area (Å²) in [5, 5.41) is 37.3. The van der Waals surface area contributed by atoms with Gasteiger partial charge in [-0.2, -0.15) is 0 Å². The molecule has 10 heteroatoms. The number of rotatable bonds is 8. The Morgan fingerprint density at radius 2 is 1.76 bits per heavy atom. The molecule has 1 heterocycles. The molecule has 3 atom stereocenters. The molecule has 0 aliphatic carbocycles. The standard InChI is InChI=1S/C15H22Cl2N2.C4H6O6/c1-11(2)9-19(13-6-7-18-8-13)10-12-4-3-5-14(16)15(12)17;5-1(3(7)8)2(6)4(9)10/h3-5,11,13,18H,6-10H2,1-2H3;1-2,5-6H,(H,7,8)(H,9,10)/t13-;/m0./s1. The summed E-state index contributed by atoms with van der Waals surface area (Å²) < 4.78 is 0. The predicted octanol–water partition coefficient (Wildman–Crippen LogP) is 1.69. The fourth-order valence-electron chi connectivity index (χ4n) is 2.92. The fourth-order valence-corrected chi connectivity index (χ4v) is 3.30. The molecule has 29 heavy (non-hydrogen) atoms. The van der Waals surface area contributed by atoms with Crippen molar-refractivity contribution < 1.29 is 30.0 Å². The van der Waals surface area contributed by atoms with Crippen molar-refractivity contribution in [2.24, 2.45) is 5.92 Å². The Morgan fingerprint density at radius 1 is 1.17 bits per heavy atom. The van der Waals surface area contributed by atoms with Crippen LogP contribution in [0, 0.1) is 5.92 Å². The predicted molar refractivity (Wildman–Crippen MR) is 110 cm³/mol. The first kappa shape index (κ1) is 25.6. The van der Waals surface area contributed by atoms with E-state index < -0.39 is 24.1 Å². The molecule has 1 aromatic carbocycles. The lowest BCUT2D eigenvalue weighted by Crippen LogP contribution is -2.39. The van der Waals surface area contributed by atoms with Gasteiger partial charge in [-0.1, -0.05) is 49.2 Å². The van der Waals surface area contributed by atoms with Crippen molar-refractivity contribution in [1.82, 2.24) is 10.2 Å². The Bertz CT molecular complexity index is 665. The van der Waals surface area contributed by atoms with Crippen LogP contribution in [0.2, 0.25) is 10.0 Å². The van der Waals surface area contributed by atoms with Gasteiger partial charge < -0.3 is 25.7 Å². The molecular formula is C19H28Cl2N2O6. The Hall–Kier alpha value is -1.42. The number of carboxylic acids is 2. The second-order valence-corrected chi connectivity index (χ2v) is 8.03. The van der Waals surface area contributed by atoms with Crippen molar-refractivity contribution in [1.29, 1.82) is 0 Å². The monoisotopic (exact) mass is 450 g/mol. The molecule has 0 radical (unpaired) electrons. The van der Waals surface area contributed by atoms with Crippen LogP contribution in [-0.4, -0.2) is 75.1 Å². The highest BCUT2D eigenvalue weighted by Crippen LogP contribution is 2.27. The summed E-state index contributed by atoms with van der Waals surface area (Å²) in [7, 11) is 0. The van der Waals surface area contributed by atoms with Gasteiger partial charge in [0.2, 0.25) is 0 Å². The zero-order valence-electron chi connectivity index (χ0n) is 16.4. The van der Waals surface area contributed by atoms with Crippen LogP contribution >= 0.6 is 23.2 Å². The van der Waals surface area contributed by atoms with Crippen molar-refractivity contribution in [2.75, 3.05) is 19.6 Å². The number of carbonyl (C=O) groups is 2. The summed E-state index contributed by atoms with van der Waals surface area (Å²) in [6.07, 6.45) is -3.32. The van der Waals surface area contributed by atoms with Crippen LogP contribution in [0.3, 0.4) is 0 Å². The van der Waals surface area contributed by atoms with E-state index in [1.54, 1.807) is 0 Å². The van der Waals surface area contributed by atoms with E-state index in [0.29, 0.717) is 22.0 Å². The number of benzene rings is 1. The fraction of sp³-hybridized carbons (Fsp3) is 0.579. The van der Waals surface area contributed by atoms with Crippen molar-refractivity contribution in [2.45, 2.75) is 45.1 Å². The Balaban J connectivity index is 0.000000359. The van der Waals surface area contributed by atoms with Crippen molar-refractivity contribution in [3.8, 4) is 0 Å². The Labute approximate surface area is 180 Å². The maximum atomic E-state index is 9.77. The van der Waals surface area contributed by atoms with Gasteiger partial charge in [0.1, 0.15) is 0 Å². The van der Waals surface area contributed by atoms with Crippen LogP contribution in [0.15, 0.2) is 18.2 Å². The highest BCUT2D eigenvalue weighted by atomic mass is 35.5. The topological polar surface area (TPSA) is 130 Å². The summed E-state index contributed by atoms with van der Waals surface area (Å²) in [5.74, 6) is -2.89. The third-order valence-electron chi connectivity index (χ3n) is 4.36. The Kier molecular flexibility index (Phi) is 10.9. The van der Waals surface area contributed by atoms with E-state index in [9.17, 15) is 9.59 Å². The maximum Gasteiger partial charge on any atom is 0.335 e. The number of hydrogen-bond donors (Lipinski definition) is 5. The molecule has 1 fully saturated rings. The average Bonchev–Trinajstić information content (AvgIpc) is 3.18. The highest BCUT2D eigenvalue weighted by Gasteiger charge is 2.29. The third-order valence-corrected chi connectivity index (χ3v) is 5.22. The Morgan fingerprint density at radius 3 is 2.21 bits per heavy atom. The van der Waals surface area contributed by atoms with Crippen LogP contribution in [0.4, 0.5) is 0 Å². The van der Waals surface area contributed by atoms with E-state index in [1.165, 1.54) is 6.42 Å². The minimum Gasteiger partial charge on any atom is -0.479 e. The van der Waals surface area contributed by atoms with Crippen LogP contribution < -0.4 is 5.32 Å². The molecule has 1 aliphatic rings. The van der Waals surface area contributed by atoms with E-state index >= 15 is 0 Å². The van der Waals surface area contributed by atoms with Crippen LogP contribution in [0.1, 0.15) is 25.8 Å². The largest absolute Gasteiger partial charge is 0.479 e. The number of halogens is 2. The first-order chi connectivity index (χ1) is 13.5. The lowest BCUT2D eigenvalue weighted by atomic mass is 10.1. The number of nitrogens with zero attached hydrogens (tertiary/aromatic N) is 1. The number of aliphatic hydroxyl groups is 2. The van der Waals surface area contributed by atoms with E-state index in [4.69, 9.17) is 43.6 Å². The average molecular weight is 451 g/mol. The smallest absolute Gasteiger partial charge is 0.335 e. The summed E-state index contributed by atoms with van der Waals surface area (Å²) in [5.41, 5.74) is 1.13. The molecule has 0 amide bonds. The molecule has 2 unspecified atom stereocenters. The zero-order valence-corrected chi connectivity index (χ0v) is 17.9. The molecule has 1 aliphatic heterocycles. The van der Waals surface area contributed by atoms with Crippen molar-refractivity contribution >= 4 is 35.1 Å². The molecule has 0 saturated carbocycles. The molecule has 1 aromatic rings. The minimum absolute atomic E-state index is 0.609. The van der Waals surface area contributed by atoms with Crippen LogP contribution in [0.5, 0.6) is 0 Å². The van der Waals surface area contributed by atoms with Crippen molar-refractivity contribution in [3.05, 3.63) is 33.8 Å². The van der Waals surface area contributed by atoms with Gasteiger partial charge in [0.25, 0.3) is 0 Å². The van der Waals surface area contributed by atoms with Gasteiger partial charge in [0, 0.05) is 25.7 Å². The summed E-state index contributed by atoms with van der Waals surface area (Å²) in [6.45, 7) is 8.68. The van der Waals surface area contributed by atoms with Gasteiger partial charge in [-0.25, -0.2) is 9.59 Å². The molecule has 0 bridgehead atoms. The SMILES string of the molecule is CC(C)CN(Cc1cccc(Cl)c1Cl)[C@H]1CCNC1.O=C(O)C(O)C(O)C(=O)O. The highest BCUT2D eigenvalue weighted by molar-refractivity contribution is 6.42. The number of hydrogen-bond acceptors (Lipinski definition) is 6. The first-order valence-corrected chi connectivity index (χ1v) is 9.99. The lowest BCUT2D eigenvalue weighted by Gasteiger charge is -2.30. The van der Waals surface area contributed by atoms with Gasteiger partial charge in [-0.3, -0.25) is 4.90 Å². The van der Waals surface area contributed by atoms with Gasteiger partial charge in [0.05, 0.1) is 10.0 Å². The second-order valence-electron chi connectivity index (χ2n) is 7.25. The third kappa shape index (κ3) is 8.46. The van der Waals surface area contributed by atoms with E-state index in [0.717, 1.165) is 31.7 Å². The van der Waals surface area contributed by atoms with Gasteiger partial charge in [0.15, 0.2) is 12.2 Å². The quantitative estimate of drug-likeness (QED) is 0.404. The lowest BCUT2D eigenvalue weighted by molar-refractivity contribution is -0.165. The molecule has 1 saturated heterocycles. The molecule has 5 N–H and O–H groups in total. The summed E-state index contributed by atoms with van der Waals surface area (Å²) in [4.78, 5) is 22.1. The van der Waals surface area contributed by atoms with Crippen molar-refractivity contribution in [3.63, 3.8) is 0 Å². The number of carboxylic acid groups (broad SMARTS) is 2. The number of nitrogens with one attached hydrogen (secondary N) is 1. The molecule has 8 nitrogen and oxygen atoms in total. The summed E-state index contributed by atoms with van der Waals surface area (Å²) in [6, 6.07) is 6.50. The van der Waals surface area contributed by atoms with Crippen LogP contribution in [-0.2, 0) is 16.1 Å². The van der Waals surface area contributed by atoms with E-state index in [1.807, 2.05) is 12.1 Å². The zero-order chi connectivity index (χ0) is 22.1. The molecule has 0 aromatic heterocycles. The molecule has 164 valence electrons. The minimum atomic E-state index is -2.27. The molecule has 0 spiro atoms. The summed E-state index contributed by atoms with van der Waals surface area (Å²) >= 11 is 12.4.